The van der Waals surface area contributed by atoms with Gasteiger partial charge in [-0.15, -0.1) is 0 Å². The second-order valence-corrected chi connectivity index (χ2v) is 5.63. The second kappa shape index (κ2) is 6.29. The van der Waals surface area contributed by atoms with E-state index in [1.807, 2.05) is 44.2 Å². The van der Waals surface area contributed by atoms with Crippen LogP contribution in [0.2, 0.25) is 5.02 Å². The summed E-state index contributed by atoms with van der Waals surface area (Å²) in [5, 5.41) is 0.741. The van der Waals surface area contributed by atoms with Crippen molar-refractivity contribution in [3.63, 3.8) is 0 Å². The van der Waals surface area contributed by atoms with Crippen LogP contribution in [0.5, 0.6) is 5.75 Å². The van der Waals surface area contributed by atoms with Crippen molar-refractivity contribution in [2.45, 2.75) is 32.9 Å². The smallest absolute Gasteiger partial charge is 0.138 e. The maximum absolute atomic E-state index is 6.08. The second-order valence-electron chi connectivity index (χ2n) is 5.22. The Bertz CT molecular complexity index is 595. The first-order valence-corrected chi connectivity index (χ1v) is 7.10. The van der Waals surface area contributed by atoms with Gasteiger partial charge in [-0.1, -0.05) is 41.4 Å². The highest BCUT2D eigenvalue weighted by atomic mass is 35.5. The molecule has 2 N–H and O–H groups in total. The normalized spacial score (nSPS) is 13.8. The van der Waals surface area contributed by atoms with E-state index in [-0.39, 0.29) is 12.1 Å². The molecule has 0 radical (unpaired) electrons. The van der Waals surface area contributed by atoms with Gasteiger partial charge in [-0.3, -0.25) is 0 Å². The van der Waals surface area contributed by atoms with Gasteiger partial charge in [-0.2, -0.15) is 0 Å². The van der Waals surface area contributed by atoms with Crippen LogP contribution in [-0.4, -0.2) is 6.04 Å². The Balaban J connectivity index is 2.28. The van der Waals surface area contributed by atoms with Crippen molar-refractivity contribution in [1.82, 2.24) is 0 Å². The Hall–Kier alpha value is -1.51. The number of nitrogens with two attached hydrogens (primary N) is 1. The first-order chi connectivity index (χ1) is 9.47. The average molecular weight is 290 g/mol. The van der Waals surface area contributed by atoms with Crippen molar-refractivity contribution in [1.29, 1.82) is 0 Å². The molecule has 0 aromatic heterocycles. The number of aryl methyl sites for hydroxylation is 2. The molecular formula is C17H20ClNO. The van der Waals surface area contributed by atoms with Gasteiger partial charge in [0.2, 0.25) is 0 Å². The molecule has 20 heavy (non-hydrogen) atoms. The Morgan fingerprint density at radius 1 is 1.10 bits per heavy atom. The zero-order chi connectivity index (χ0) is 14.7. The number of benzene rings is 2. The van der Waals surface area contributed by atoms with E-state index in [0.717, 1.165) is 21.9 Å². The fourth-order valence-electron chi connectivity index (χ4n) is 2.16. The number of halogens is 1. The lowest BCUT2D eigenvalue weighted by Crippen LogP contribution is -2.29. The van der Waals surface area contributed by atoms with Crippen LogP contribution in [0.15, 0.2) is 42.5 Å². The van der Waals surface area contributed by atoms with Crippen LogP contribution in [0.3, 0.4) is 0 Å². The molecule has 2 nitrogen and oxygen atoms in total. The highest BCUT2D eigenvalue weighted by Crippen LogP contribution is 2.27. The van der Waals surface area contributed by atoms with Crippen molar-refractivity contribution >= 4 is 11.6 Å². The number of hydrogen-bond acceptors (Lipinski definition) is 2. The van der Waals surface area contributed by atoms with Gasteiger partial charge in [0.25, 0.3) is 0 Å². The highest BCUT2D eigenvalue weighted by Gasteiger charge is 2.18. The lowest BCUT2D eigenvalue weighted by atomic mass is 10.0. The van der Waals surface area contributed by atoms with E-state index < -0.39 is 0 Å². The fraction of sp³-hybridized carbons (Fsp3) is 0.294. The van der Waals surface area contributed by atoms with Gasteiger partial charge < -0.3 is 10.5 Å². The van der Waals surface area contributed by atoms with E-state index in [0.29, 0.717) is 0 Å². The van der Waals surface area contributed by atoms with Crippen LogP contribution in [0, 0.1) is 13.8 Å². The molecule has 0 aliphatic carbocycles. The van der Waals surface area contributed by atoms with E-state index in [1.54, 1.807) is 0 Å². The van der Waals surface area contributed by atoms with Gasteiger partial charge in [0.05, 0.1) is 0 Å². The summed E-state index contributed by atoms with van der Waals surface area (Å²) in [4.78, 5) is 0. The van der Waals surface area contributed by atoms with Crippen molar-refractivity contribution in [3.8, 4) is 5.75 Å². The highest BCUT2D eigenvalue weighted by molar-refractivity contribution is 6.31. The molecule has 2 aromatic rings. The van der Waals surface area contributed by atoms with Gasteiger partial charge in [0.1, 0.15) is 11.9 Å². The third-order valence-electron chi connectivity index (χ3n) is 3.24. The van der Waals surface area contributed by atoms with Crippen LogP contribution >= 0.6 is 11.6 Å². The van der Waals surface area contributed by atoms with Crippen molar-refractivity contribution in [3.05, 3.63) is 64.2 Å². The molecular weight excluding hydrogens is 270 g/mol. The Labute approximate surface area is 125 Å². The van der Waals surface area contributed by atoms with Gasteiger partial charge in [0.15, 0.2) is 0 Å². The van der Waals surface area contributed by atoms with Crippen LogP contribution in [0.4, 0.5) is 0 Å². The topological polar surface area (TPSA) is 35.2 Å². The van der Waals surface area contributed by atoms with Crippen LogP contribution in [-0.2, 0) is 0 Å². The summed E-state index contributed by atoms with van der Waals surface area (Å²) in [5.41, 5.74) is 9.37. The molecule has 0 spiro atoms. The molecule has 0 amide bonds. The first kappa shape index (κ1) is 14.9. The summed E-state index contributed by atoms with van der Waals surface area (Å²) in [6.45, 7) is 5.98. The molecule has 0 bridgehead atoms. The van der Waals surface area contributed by atoms with Crippen molar-refractivity contribution in [2.24, 2.45) is 5.73 Å². The maximum atomic E-state index is 6.08. The molecule has 0 saturated heterocycles. The largest absolute Gasteiger partial charge is 0.484 e. The van der Waals surface area contributed by atoms with Crippen LogP contribution in [0.1, 0.15) is 29.7 Å². The lowest BCUT2D eigenvalue weighted by Gasteiger charge is -2.23. The van der Waals surface area contributed by atoms with Crippen molar-refractivity contribution < 1.29 is 4.74 Å². The molecule has 106 valence electrons. The molecule has 0 aliphatic rings. The maximum Gasteiger partial charge on any atom is 0.138 e. The van der Waals surface area contributed by atoms with Gasteiger partial charge in [-0.05, 0) is 50.1 Å². The SMILES string of the molecule is Cc1cccc(C(Oc2ccc(Cl)c(C)c2)C(C)N)c1. The van der Waals surface area contributed by atoms with Gasteiger partial charge in [0, 0.05) is 11.1 Å². The Morgan fingerprint density at radius 2 is 1.85 bits per heavy atom. The molecule has 0 aliphatic heterocycles. The average Bonchev–Trinajstić information content (AvgIpc) is 2.39. The molecule has 0 saturated carbocycles. The summed E-state index contributed by atoms with van der Waals surface area (Å²) in [6, 6.07) is 13.8. The van der Waals surface area contributed by atoms with E-state index >= 15 is 0 Å². The minimum Gasteiger partial charge on any atom is -0.484 e. The van der Waals surface area contributed by atoms with Gasteiger partial charge >= 0.3 is 0 Å². The summed E-state index contributed by atoms with van der Waals surface area (Å²) < 4.78 is 6.07. The summed E-state index contributed by atoms with van der Waals surface area (Å²) in [6.07, 6.45) is -0.171. The standard InChI is InChI=1S/C17H20ClNO/c1-11-5-4-6-14(9-11)17(13(3)19)20-15-7-8-16(18)12(2)10-15/h4-10,13,17H,19H2,1-3H3. The lowest BCUT2D eigenvalue weighted by molar-refractivity contribution is 0.180. The predicted molar refractivity (Wildman–Crippen MR) is 84.4 cm³/mol. The fourth-order valence-corrected chi connectivity index (χ4v) is 2.28. The van der Waals surface area contributed by atoms with E-state index in [2.05, 4.69) is 19.1 Å². The third kappa shape index (κ3) is 3.53. The predicted octanol–water partition coefficient (Wildman–Crippen LogP) is 4.42. The van der Waals surface area contributed by atoms with Crippen LogP contribution in [0.25, 0.3) is 0 Å². The summed E-state index contributed by atoms with van der Waals surface area (Å²) >= 11 is 6.04. The molecule has 0 fully saturated rings. The summed E-state index contributed by atoms with van der Waals surface area (Å²) in [7, 11) is 0. The molecule has 2 unspecified atom stereocenters. The quantitative estimate of drug-likeness (QED) is 0.904. The Morgan fingerprint density at radius 3 is 2.45 bits per heavy atom. The zero-order valence-electron chi connectivity index (χ0n) is 12.1. The number of hydrogen-bond donors (Lipinski definition) is 1. The molecule has 3 heteroatoms. The minimum absolute atomic E-state index is 0.104. The molecule has 2 rings (SSSR count). The zero-order valence-corrected chi connectivity index (χ0v) is 12.8. The number of rotatable bonds is 4. The summed E-state index contributed by atoms with van der Waals surface area (Å²) in [5.74, 6) is 0.788. The van der Waals surface area contributed by atoms with E-state index in [1.165, 1.54) is 5.56 Å². The van der Waals surface area contributed by atoms with Gasteiger partial charge in [-0.25, -0.2) is 0 Å². The van der Waals surface area contributed by atoms with Crippen LogP contribution < -0.4 is 10.5 Å². The number of ether oxygens (including phenoxy) is 1. The van der Waals surface area contributed by atoms with Crippen molar-refractivity contribution in [2.75, 3.05) is 0 Å². The molecule has 2 aromatic carbocycles. The molecule has 0 heterocycles. The monoisotopic (exact) mass is 289 g/mol. The first-order valence-electron chi connectivity index (χ1n) is 6.72. The third-order valence-corrected chi connectivity index (χ3v) is 3.66. The van der Waals surface area contributed by atoms with E-state index in [4.69, 9.17) is 22.1 Å². The Kier molecular flexibility index (Phi) is 4.69. The van der Waals surface area contributed by atoms with E-state index in [9.17, 15) is 0 Å². The minimum atomic E-state index is -0.171. The molecule has 2 atom stereocenters.